The molecule has 2 rings (SSSR count). The first-order valence-electron chi connectivity index (χ1n) is 5.34. The van der Waals surface area contributed by atoms with Gasteiger partial charge in [-0.25, -0.2) is 0 Å². The average molecular weight is 200 g/mol. The summed E-state index contributed by atoms with van der Waals surface area (Å²) in [5.74, 6) is 0.524. The monoisotopic (exact) mass is 200 g/mol. The molecule has 2 aromatic rings. The van der Waals surface area contributed by atoms with Gasteiger partial charge in [-0.3, -0.25) is 4.98 Å². The fraction of sp³-hybridized carbons (Fsp3) is 0.308. The molecule has 1 aromatic heterocycles. The molecule has 0 spiro atoms. The highest BCUT2D eigenvalue weighted by Gasteiger charge is 2.05. The third-order valence-corrected chi connectivity index (χ3v) is 2.71. The van der Waals surface area contributed by atoms with Crippen LogP contribution in [0.15, 0.2) is 36.5 Å². The standard InChI is InChI=1S/C13H16N2/c1-10(9-14)8-11-6-7-15-13-5-3-2-4-12(11)13/h2-7,10H,8-9,14H2,1H3/t10-/m0/s1. The normalized spacial score (nSPS) is 12.9. The zero-order chi connectivity index (χ0) is 10.7. The fourth-order valence-corrected chi connectivity index (χ4v) is 1.79. The van der Waals surface area contributed by atoms with Crippen LogP contribution in [0, 0.1) is 5.92 Å². The van der Waals surface area contributed by atoms with Crippen LogP contribution in [-0.4, -0.2) is 11.5 Å². The van der Waals surface area contributed by atoms with Crippen LogP contribution in [0.25, 0.3) is 10.9 Å². The highest BCUT2D eigenvalue weighted by Crippen LogP contribution is 2.18. The van der Waals surface area contributed by atoms with Crippen LogP contribution >= 0.6 is 0 Å². The molecule has 0 aliphatic heterocycles. The van der Waals surface area contributed by atoms with Crippen LogP contribution in [-0.2, 0) is 6.42 Å². The summed E-state index contributed by atoms with van der Waals surface area (Å²) in [6.07, 6.45) is 2.90. The molecule has 1 atom stereocenters. The first kappa shape index (κ1) is 10.1. The third-order valence-electron chi connectivity index (χ3n) is 2.71. The van der Waals surface area contributed by atoms with E-state index in [1.165, 1.54) is 10.9 Å². The maximum absolute atomic E-state index is 5.65. The molecular formula is C13H16N2. The van der Waals surface area contributed by atoms with Crippen molar-refractivity contribution in [3.05, 3.63) is 42.1 Å². The van der Waals surface area contributed by atoms with E-state index in [9.17, 15) is 0 Å². The van der Waals surface area contributed by atoms with Crippen molar-refractivity contribution in [3.63, 3.8) is 0 Å². The molecule has 2 nitrogen and oxygen atoms in total. The van der Waals surface area contributed by atoms with Crippen molar-refractivity contribution in [1.29, 1.82) is 0 Å². The van der Waals surface area contributed by atoms with E-state index in [4.69, 9.17) is 5.73 Å². The Labute approximate surface area is 90.1 Å². The van der Waals surface area contributed by atoms with Gasteiger partial charge in [0.2, 0.25) is 0 Å². The Morgan fingerprint density at radius 2 is 2.07 bits per heavy atom. The number of rotatable bonds is 3. The summed E-state index contributed by atoms with van der Waals surface area (Å²) >= 11 is 0. The number of hydrogen-bond donors (Lipinski definition) is 1. The van der Waals surface area contributed by atoms with Crippen LogP contribution in [0.4, 0.5) is 0 Å². The molecule has 1 heterocycles. The molecule has 0 unspecified atom stereocenters. The second-order valence-electron chi connectivity index (χ2n) is 4.03. The lowest BCUT2D eigenvalue weighted by molar-refractivity contribution is 0.595. The maximum Gasteiger partial charge on any atom is 0.0704 e. The highest BCUT2D eigenvalue weighted by molar-refractivity contribution is 5.81. The highest BCUT2D eigenvalue weighted by atomic mass is 14.6. The summed E-state index contributed by atoms with van der Waals surface area (Å²) in [5, 5.41) is 1.25. The SMILES string of the molecule is C[C@H](CN)Cc1ccnc2ccccc12. The van der Waals surface area contributed by atoms with E-state index in [1.807, 2.05) is 18.3 Å². The van der Waals surface area contributed by atoms with Crippen molar-refractivity contribution in [1.82, 2.24) is 4.98 Å². The molecule has 0 aliphatic carbocycles. The molecule has 2 heteroatoms. The lowest BCUT2D eigenvalue weighted by Gasteiger charge is -2.10. The van der Waals surface area contributed by atoms with Crippen molar-refractivity contribution in [3.8, 4) is 0 Å². The van der Waals surface area contributed by atoms with Gasteiger partial charge >= 0.3 is 0 Å². The van der Waals surface area contributed by atoms with E-state index >= 15 is 0 Å². The van der Waals surface area contributed by atoms with E-state index < -0.39 is 0 Å². The Hall–Kier alpha value is -1.41. The molecular weight excluding hydrogens is 184 g/mol. The second kappa shape index (κ2) is 4.41. The number of nitrogens with zero attached hydrogens (tertiary/aromatic N) is 1. The lowest BCUT2D eigenvalue weighted by Crippen LogP contribution is -2.13. The summed E-state index contributed by atoms with van der Waals surface area (Å²) in [5.41, 5.74) is 8.06. The van der Waals surface area contributed by atoms with Gasteiger partial charge in [0.15, 0.2) is 0 Å². The molecule has 2 N–H and O–H groups in total. The van der Waals surface area contributed by atoms with E-state index in [0.717, 1.165) is 18.5 Å². The van der Waals surface area contributed by atoms with Gasteiger partial charge in [-0.2, -0.15) is 0 Å². The van der Waals surface area contributed by atoms with Crippen molar-refractivity contribution in [2.45, 2.75) is 13.3 Å². The van der Waals surface area contributed by atoms with Gasteiger partial charge in [-0.15, -0.1) is 0 Å². The van der Waals surface area contributed by atoms with Gasteiger partial charge < -0.3 is 5.73 Å². The Morgan fingerprint density at radius 1 is 1.27 bits per heavy atom. The summed E-state index contributed by atoms with van der Waals surface area (Å²) in [4.78, 5) is 4.34. The van der Waals surface area contributed by atoms with Crippen molar-refractivity contribution in [2.75, 3.05) is 6.54 Å². The molecule has 0 bridgehead atoms. The molecule has 0 aliphatic rings. The van der Waals surface area contributed by atoms with Crippen LogP contribution < -0.4 is 5.73 Å². The number of pyridine rings is 1. The summed E-state index contributed by atoms with van der Waals surface area (Å²) < 4.78 is 0. The van der Waals surface area contributed by atoms with Crippen molar-refractivity contribution in [2.24, 2.45) is 11.7 Å². The van der Waals surface area contributed by atoms with Crippen LogP contribution in [0.1, 0.15) is 12.5 Å². The Bertz CT molecular complexity index is 446. The van der Waals surface area contributed by atoms with Crippen molar-refractivity contribution >= 4 is 10.9 Å². The predicted octanol–water partition coefficient (Wildman–Crippen LogP) is 2.37. The van der Waals surface area contributed by atoms with Gasteiger partial charge in [0.25, 0.3) is 0 Å². The molecule has 0 radical (unpaired) electrons. The lowest BCUT2D eigenvalue weighted by atomic mass is 9.98. The number of fused-ring (bicyclic) bond motifs is 1. The molecule has 0 fully saturated rings. The third kappa shape index (κ3) is 2.16. The molecule has 0 saturated heterocycles. The van der Waals surface area contributed by atoms with E-state index in [0.29, 0.717) is 5.92 Å². The molecule has 15 heavy (non-hydrogen) atoms. The van der Waals surface area contributed by atoms with E-state index in [1.54, 1.807) is 0 Å². The van der Waals surface area contributed by atoms with Gasteiger partial charge in [0.05, 0.1) is 5.52 Å². The second-order valence-corrected chi connectivity index (χ2v) is 4.03. The smallest absolute Gasteiger partial charge is 0.0704 e. The number of aromatic nitrogens is 1. The van der Waals surface area contributed by atoms with Crippen LogP contribution in [0.3, 0.4) is 0 Å². The maximum atomic E-state index is 5.65. The summed E-state index contributed by atoms with van der Waals surface area (Å²) in [6, 6.07) is 10.3. The van der Waals surface area contributed by atoms with Gasteiger partial charge in [-0.05, 0) is 36.6 Å². The average Bonchev–Trinajstić information content (AvgIpc) is 2.29. The topological polar surface area (TPSA) is 38.9 Å². The zero-order valence-corrected chi connectivity index (χ0v) is 8.98. The van der Waals surface area contributed by atoms with Gasteiger partial charge in [0.1, 0.15) is 0 Å². The largest absolute Gasteiger partial charge is 0.330 e. The van der Waals surface area contributed by atoms with Crippen molar-refractivity contribution < 1.29 is 0 Å². The quantitative estimate of drug-likeness (QED) is 0.826. The first-order valence-corrected chi connectivity index (χ1v) is 5.34. The minimum absolute atomic E-state index is 0.524. The van der Waals surface area contributed by atoms with Gasteiger partial charge in [-0.1, -0.05) is 25.1 Å². The number of hydrogen-bond acceptors (Lipinski definition) is 2. The van der Waals surface area contributed by atoms with E-state index in [-0.39, 0.29) is 0 Å². The minimum atomic E-state index is 0.524. The van der Waals surface area contributed by atoms with Crippen LogP contribution in [0.2, 0.25) is 0 Å². The molecule has 78 valence electrons. The predicted molar refractivity (Wildman–Crippen MR) is 63.7 cm³/mol. The minimum Gasteiger partial charge on any atom is -0.330 e. The van der Waals surface area contributed by atoms with E-state index in [2.05, 4.69) is 30.1 Å². The van der Waals surface area contributed by atoms with Gasteiger partial charge in [0, 0.05) is 11.6 Å². The Kier molecular flexibility index (Phi) is 2.97. The van der Waals surface area contributed by atoms with Crippen LogP contribution in [0.5, 0.6) is 0 Å². The first-order chi connectivity index (χ1) is 7.31. The Balaban J connectivity index is 2.42. The molecule has 0 amide bonds. The number of benzene rings is 1. The zero-order valence-electron chi connectivity index (χ0n) is 8.98. The number of nitrogens with two attached hydrogens (primary N) is 1. The fourth-order valence-electron chi connectivity index (χ4n) is 1.79. The molecule has 1 aromatic carbocycles. The number of para-hydroxylation sites is 1. The summed E-state index contributed by atoms with van der Waals surface area (Å²) in [6.45, 7) is 2.91. The Morgan fingerprint density at radius 3 is 2.87 bits per heavy atom. The summed E-state index contributed by atoms with van der Waals surface area (Å²) in [7, 11) is 0. The molecule has 0 saturated carbocycles.